The molecule has 0 aliphatic rings. The van der Waals surface area contributed by atoms with E-state index in [1.54, 1.807) is 111 Å². The monoisotopic (exact) mass is 1170 g/mol. The van der Waals surface area contributed by atoms with Crippen molar-refractivity contribution in [1.82, 2.24) is 21.3 Å². The van der Waals surface area contributed by atoms with Gasteiger partial charge in [0.25, 0.3) is 0 Å². The first-order chi connectivity index (χ1) is 38.9. The summed E-state index contributed by atoms with van der Waals surface area (Å²) in [5.74, 6) is -2.68. The molecule has 5 N–H and O–H groups in total. The highest BCUT2D eigenvalue weighted by Crippen LogP contribution is 2.17. The van der Waals surface area contributed by atoms with Gasteiger partial charge in [0.1, 0.15) is 40.4 Å². The Morgan fingerprint density at radius 1 is 0.415 bits per heavy atom. The summed E-state index contributed by atoms with van der Waals surface area (Å²) in [6, 6.07) is 11.2. The molecule has 0 heterocycles. The molecule has 25 heteroatoms. The van der Waals surface area contributed by atoms with Gasteiger partial charge in [-0.3, -0.25) is 14.4 Å². The fourth-order valence-electron chi connectivity index (χ4n) is 6.65. The van der Waals surface area contributed by atoms with Crippen LogP contribution in [0.25, 0.3) is 0 Å². The third kappa shape index (κ3) is 40.1. The predicted molar refractivity (Wildman–Crippen MR) is 298 cm³/mol. The van der Waals surface area contributed by atoms with Crippen LogP contribution in [-0.4, -0.2) is 208 Å². The number of amides is 4. The van der Waals surface area contributed by atoms with E-state index in [-0.39, 0.29) is 118 Å². The van der Waals surface area contributed by atoms with Crippen molar-refractivity contribution in [1.29, 1.82) is 0 Å². The Morgan fingerprint density at radius 2 is 0.732 bits per heavy atom. The van der Waals surface area contributed by atoms with Crippen LogP contribution in [0, 0.1) is 0 Å². The topological polar surface area (TPSA) is 308 Å². The molecule has 464 valence electrons. The van der Waals surface area contributed by atoms with Gasteiger partial charge in [-0.1, -0.05) is 24.3 Å². The Hall–Kier alpha value is -6.19. The second-order valence-electron chi connectivity index (χ2n) is 21.1. The van der Waals surface area contributed by atoms with E-state index in [0.717, 1.165) is 5.56 Å². The molecule has 0 spiro atoms. The SMILES string of the molecule is CC(C)(C)OC(=O)COc1ccc(CC(NC(=O)CCOCCOCCOCCOCCNC(=O)C(Cc2ccc(OCC(=O)OC(C)(C)C)cc2)NC(=O)CCOCCOCCOCCOCCNC(=O)OC(C)(C)C)C(=O)O)cc1. The smallest absolute Gasteiger partial charge is 0.407 e. The van der Waals surface area contributed by atoms with Crippen LogP contribution >= 0.6 is 0 Å². The van der Waals surface area contributed by atoms with E-state index in [9.17, 15) is 38.7 Å². The second-order valence-corrected chi connectivity index (χ2v) is 21.1. The molecule has 0 saturated heterocycles. The molecule has 0 aromatic heterocycles. The maximum absolute atomic E-state index is 13.4. The number of hydrogen-bond donors (Lipinski definition) is 5. The summed E-state index contributed by atoms with van der Waals surface area (Å²) in [5, 5.41) is 20.4. The molecule has 2 aromatic rings. The summed E-state index contributed by atoms with van der Waals surface area (Å²) in [4.78, 5) is 86.4. The number of carboxylic acid groups (broad SMARTS) is 1. The quantitative estimate of drug-likeness (QED) is 0.0360. The van der Waals surface area contributed by atoms with Gasteiger partial charge in [0.05, 0.1) is 106 Å². The summed E-state index contributed by atoms with van der Waals surface area (Å²) in [7, 11) is 0. The van der Waals surface area contributed by atoms with E-state index in [1.165, 1.54) is 0 Å². The normalized spacial score (nSPS) is 12.4. The first kappa shape index (κ1) is 71.9. The van der Waals surface area contributed by atoms with Gasteiger partial charge in [-0.05, 0) is 97.7 Å². The largest absolute Gasteiger partial charge is 0.482 e. The molecule has 2 unspecified atom stereocenters. The van der Waals surface area contributed by atoms with Crippen molar-refractivity contribution >= 4 is 41.7 Å². The number of carbonyl (C=O) groups is 7. The molecule has 2 rings (SSSR count). The van der Waals surface area contributed by atoms with E-state index < -0.39 is 70.6 Å². The van der Waals surface area contributed by atoms with Gasteiger partial charge in [0.15, 0.2) is 13.2 Å². The van der Waals surface area contributed by atoms with Crippen LogP contribution in [0.15, 0.2) is 48.5 Å². The van der Waals surface area contributed by atoms with Crippen molar-refractivity contribution < 1.29 is 100 Å². The van der Waals surface area contributed by atoms with Crippen LogP contribution in [0.1, 0.15) is 86.3 Å². The van der Waals surface area contributed by atoms with Gasteiger partial charge < -0.3 is 88.0 Å². The first-order valence-electron chi connectivity index (χ1n) is 27.4. The van der Waals surface area contributed by atoms with E-state index in [4.69, 9.17) is 61.6 Å². The van der Waals surface area contributed by atoms with Gasteiger partial charge >= 0.3 is 24.0 Å². The Balaban J connectivity index is 1.62. The Bertz CT molecular complexity index is 2140. The summed E-state index contributed by atoms with van der Waals surface area (Å²) >= 11 is 0. The van der Waals surface area contributed by atoms with Gasteiger partial charge in [-0.25, -0.2) is 19.2 Å². The molecular formula is C57H90N4O21. The lowest BCUT2D eigenvalue weighted by molar-refractivity contribution is -0.158. The predicted octanol–water partition coefficient (Wildman–Crippen LogP) is 3.52. The van der Waals surface area contributed by atoms with E-state index >= 15 is 0 Å². The zero-order valence-electron chi connectivity index (χ0n) is 49.4. The molecule has 82 heavy (non-hydrogen) atoms. The fraction of sp³-hybridized carbons (Fsp3) is 0.667. The molecule has 4 amide bonds. The number of hydrogen-bond acceptors (Lipinski definition) is 20. The van der Waals surface area contributed by atoms with Crippen molar-refractivity contribution in [3.8, 4) is 11.5 Å². The molecule has 2 aromatic carbocycles. The highest BCUT2D eigenvalue weighted by Gasteiger charge is 2.24. The van der Waals surface area contributed by atoms with E-state index in [1.807, 2.05) is 0 Å². The van der Waals surface area contributed by atoms with Crippen molar-refractivity contribution in [2.24, 2.45) is 0 Å². The molecule has 0 aliphatic carbocycles. The molecule has 2 atom stereocenters. The highest BCUT2D eigenvalue weighted by atomic mass is 16.6. The van der Waals surface area contributed by atoms with E-state index in [0.29, 0.717) is 56.6 Å². The lowest BCUT2D eigenvalue weighted by atomic mass is 10.0. The Kier molecular flexibility index (Phi) is 35.9. The molecule has 0 saturated carbocycles. The zero-order valence-corrected chi connectivity index (χ0v) is 49.4. The number of carboxylic acids is 1. The number of ether oxygens (including phenoxy) is 13. The van der Waals surface area contributed by atoms with Gasteiger partial charge in [-0.2, -0.15) is 0 Å². The number of benzene rings is 2. The number of carbonyl (C=O) groups excluding carboxylic acids is 6. The van der Waals surface area contributed by atoms with Crippen LogP contribution in [0.4, 0.5) is 4.79 Å². The lowest BCUT2D eigenvalue weighted by Crippen LogP contribution is -2.48. The standard InChI is InChI=1S/C57H90N4O21/c1-55(2,3)80-50(64)40-78-44-14-10-42(11-15-44)38-46(60-48(62)18-22-70-26-30-74-35-37-77-33-29-73-25-21-59-54(69)82-57(7,8)9)52(66)58-20-24-72-28-32-76-36-34-75-31-27-71-23-19-49(63)61-47(53(67)68)39-43-12-16-45(17-13-43)79-41-51(65)81-56(4,5)6/h10-17,46-47H,18-41H2,1-9H3,(H,58,66)(H,59,69)(H,60,62)(H,61,63)(H,67,68). The maximum atomic E-state index is 13.4. The summed E-state index contributed by atoms with van der Waals surface area (Å²) < 4.78 is 70.8. The number of nitrogens with one attached hydrogen (secondary N) is 4. The van der Waals surface area contributed by atoms with Crippen LogP contribution in [0.2, 0.25) is 0 Å². The molecule has 0 aliphatic heterocycles. The summed E-state index contributed by atoms with van der Waals surface area (Å²) in [5.41, 5.74) is -0.485. The van der Waals surface area contributed by atoms with Crippen LogP contribution < -0.4 is 30.7 Å². The summed E-state index contributed by atoms with van der Waals surface area (Å²) in [6.07, 6.45) is -0.362. The molecule has 25 nitrogen and oxygen atoms in total. The van der Waals surface area contributed by atoms with Crippen molar-refractivity contribution in [2.75, 3.05) is 132 Å². The lowest BCUT2D eigenvalue weighted by Gasteiger charge is -2.20. The van der Waals surface area contributed by atoms with Crippen LogP contribution in [-0.2, 0) is 93.7 Å². The van der Waals surface area contributed by atoms with Crippen LogP contribution in [0.5, 0.6) is 11.5 Å². The van der Waals surface area contributed by atoms with Gasteiger partial charge in [-0.15, -0.1) is 0 Å². The third-order valence-electron chi connectivity index (χ3n) is 10.2. The van der Waals surface area contributed by atoms with E-state index in [2.05, 4.69) is 21.3 Å². The number of rotatable bonds is 44. The first-order valence-corrected chi connectivity index (χ1v) is 27.4. The van der Waals surface area contributed by atoms with Crippen molar-refractivity contribution in [3.05, 3.63) is 59.7 Å². The zero-order chi connectivity index (χ0) is 60.7. The average Bonchev–Trinajstić information content (AvgIpc) is 3.40. The number of esters is 2. The summed E-state index contributed by atoms with van der Waals surface area (Å²) in [6.45, 7) is 20.0. The Labute approximate surface area is 482 Å². The number of aliphatic carboxylic acids is 1. The minimum absolute atomic E-state index is 0.00283. The minimum atomic E-state index is -1.19. The molecule has 0 fully saturated rings. The molecule has 0 bridgehead atoms. The number of alkyl carbamates (subject to hydrolysis) is 1. The fourth-order valence-corrected chi connectivity index (χ4v) is 6.65. The van der Waals surface area contributed by atoms with Crippen LogP contribution in [0.3, 0.4) is 0 Å². The second kappa shape index (κ2) is 40.9. The molecular weight excluding hydrogens is 1080 g/mol. The third-order valence-corrected chi connectivity index (χ3v) is 10.2. The highest BCUT2D eigenvalue weighted by molar-refractivity contribution is 5.88. The van der Waals surface area contributed by atoms with Gasteiger partial charge in [0, 0.05) is 38.8 Å². The average molecular weight is 1170 g/mol. The minimum Gasteiger partial charge on any atom is -0.482 e. The van der Waals surface area contributed by atoms with Crippen molar-refractivity contribution in [2.45, 2.75) is 117 Å². The van der Waals surface area contributed by atoms with Crippen molar-refractivity contribution in [3.63, 3.8) is 0 Å². The Morgan fingerprint density at radius 3 is 1.09 bits per heavy atom. The maximum Gasteiger partial charge on any atom is 0.407 e. The van der Waals surface area contributed by atoms with Gasteiger partial charge in [0.2, 0.25) is 17.7 Å². The molecule has 0 radical (unpaired) electrons.